The second kappa shape index (κ2) is 11.4. The molecule has 15 heteroatoms. The lowest BCUT2D eigenvalue weighted by atomic mass is 9.49. The summed E-state index contributed by atoms with van der Waals surface area (Å²) in [6.07, 6.45) is 1.60. The second-order valence-electron chi connectivity index (χ2n) is 9.82. The van der Waals surface area contributed by atoms with Crippen LogP contribution in [0.1, 0.15) is 47.7 Å². The van der Waals surface area contributed by atoms with Crippen molar-refractivity contribution in [2.45, 2.75) is 38.0 Å². The minimum atomic E-state index is -2.01. The number of nitrogens with one attached hydrogen (secondary N) is 4. The van der Waals surface area contributed by atoms with Crippen molar-refractivity contribution in [2.24, 2.45) is 13.0 Å². The molecular formula is C25H27B3N8O4. The summed E-state index contributed by atoms with van der Waals surface area (Å²) in [6, 6.07) is 8.30. The highest BCUT2D eigenvalue weighted by atomic mass is 16.5. The van der Waals surface area contributed by atoms with Crippen LogP contribution in [0.25, 0.3) is 11.3 Å². The van der Waals surface area contributed by atoms with E-state index in [0.717, 1.165) is 12.8 Å². The van der Waals surface area contributed by atoms with Crippen molar-refractivity contribution in [1.29, 1.82) is 0 Å². The first-order valence-corrected chi connectivity index (χ1v) is 12.5. The number of aryl methyl sites for hydroxylation is 1. The van der Waals surface area contributed by atoms with Crippen LogP contribution in [0.2, 0.25) is 0 Å². The summed E-state index contributed by atoms with van der Waals surface area (Å²) < 4.78 is 7.20. The van der Waals surface area contributed by atoms with Crippen molar-refractivity contribution in [3.05, 3.63) is 41.7 Å². The molecule has 4 rings (SSSR count). The number of amides is 3. The Morgan fingerprint density at radius 1 is 1.07 bits per heavy atom. The van der Waals surface area contributed by atoms with E-state index in [9.17, 15) is 14.4 Å². The summed E-state index contributed by atoms with van der Waals surface area (Å²) in [6.45, 7) is 3.74. The number of hydrogen-bond donors (Lipinski definition) is 4. The molecule has 1 aliphatic rings. The number of carbonyl (C=O) groups excluding carboxylic acids is 3. The van der Waals surface area contributed by atoms with E-state index in [-0.39, 0.29) is 41.0 Å². The van der Waals surface area contributed by atoms with Gasteiger partial charge >= 0.3 is 0 Å². The fourth-order valence-electron chi connectivity index (χ4n) is 3.90. The molecule has 1 aliphatic carbocycles. The highest BCUT2D eigenvalue weighted by Gasteiger charge is 2.30. The molecule has 0 unspecified atom stereocenters. The Bertz CT molecular complexity index is 1450. The Labute approximate surface area is 235 Å². The van der Waals surface area contributed by atoms with Crippen LogP contribution in [-0.4, -0.2) is 79.6 Å². The summed E-state index contributed by atoms with van der Waals surface area (Å²) in [7, 11) is 19.8. The molecule has 4 N–H and O–H groups in total. The molecule has 6 radical (unpaired) electrons. The standard InChI is InChI=1S/C25H27B3N8O4/c1-12(2)29-23(38)18-10-16(35-36(18)3)14-6-5-7-15(21(14)40-4)30-17-11-19(31-22(37)13-8-9-13)33-34-20(17)24(39)32-25(26,27)28/h5-7,10-13H,8-9H2,1-4H3,(H,29,38)(H,32,39)(H2,30,31,33,37). The molecule has 0 aliphatic heterocycles. The van der Waals surface area contributed by atoms with Crippen molar-refractivity contribution in [2.75, 3.05) is 17.7 Å². The van der Waals surface area contributed by atoms with Crippen LogP contribution in [0.4, 0.5) is 17.2 Å². The normalized spacial score (nSPS) is 13.0. The quantitative estimate of drug-likeness (QED) is 0.280. The number of aromatic nitrogens is 4. The average molecular weight is 536 g/mol. The van der Waals surface area contributed by atoms with Gasteiger partial charge in [-0.3, -0.25) is 19.1 Å². The number of nitrogens with zero attached hydrogens (tertiary/aromatic N) is 4. The first-order valence-electron chi connectivity index (χ1n) is 12.5. The minimum Gasteiger partial charge on any atom is -0.494 e. The van der Waals surface area contributed by atoms with Gasteiger partial charge in [-0.2, -0.15) is 5.10 Å². The first-order chi connectivity index (χ1) is 18.9. The number of benzene rings is 1. The molecule has 2 aromatic heterocycles. The highest BCUT2D eigenvalue weighted by molar-refractivity contribution is 6.60. The van der Waals surface area contributed by atoms with Gasteiger partial charge in [0.25, 0.3) is 11.8 Å². The summed E-state index contributed by atoms with van der Waals surface area (Å²) in [5.41, 5.74) is 1.83. The number of anilines is 3. The predicted octanol–water partition coefficient (Wildman–Crippen LogP) is 0.963. The zero-order chi connectivity index (χ0) is 29.2. The van der Waals surface area contributed by atoms with Crippen LogP contribution < -0.4 is 26.0 Å². The number of para-hydroxylation sites is 1. The van der Waals surface area contributed by atoms with Gasteiger partial charge in [0.1, 0.15) is 5.69 Å². The van der Waals surface area contributed by atoms with Crippen molar-refractivity contribution < 1.29 is 19.1 Å². The highest BCUT2D eigenvalue weighted by Crippen LogP contribution is 2.38. The molecule has 1 fully saturated rings. The van der Waals surface area contributed by atoms with E-state index in [2.05, 4.69) is 36.6 Å². The first kappa shape index (κ1) is 28.7. The van der Waals surface area contributed by atoms with Crippen molar-refractivity contribution in [1.82, 2.24) is 30.6 Å². The summed E-state index contributed by atoms with van der Waals surface area (Å²) in [5.74, 6) is -0.821. The largest absolute Gasteiger partial charge is 0.494 e. The van der Waals surface area contributed by atoms with Crippen molar-refractivity contribution in [3.8, 4) is 17.0 Å². The summed E-state index contributed by atoms with van der Waals surface area (Å²) in [4.78, 5) is 37.8. The molecule has 12 nitrogen and oxygen atoms in total. The van der Waals surface area contributed by atoms with E-state index >= 15 is 0 Å². The van der Waals surface area contributed by atoms with Crippen LogP contribution in [0, 0.1) is 5.92 Å². The smallest absolute Gasteiger partial charge is 0.272 e. The molecule has 0 bridgehead atoms. The molecule has 1 saturated carbocycles. The van der Waals surface area contributed by atoms with Crippen LogP contribution in [0.3, 0.4) is 0 Å². The molecule has 3 aromatic rings. The fourth-order valence-corrected chi connectivity index (χ4v) is 3.90. The maximum Gasteiger partial charge on any atom is 0.272 e. The zero-order valence-electron chi connectivity index (χ0n) is 22.6. The van der Waals surface area contributed by atoms with E-state index < -0.39 is 11.1 Å². The van der Waals surface area contributed by atoms with Gasteiger partial charge in [-0.15, -0.1) is 10.2 Å². The monoisotopic (exact) mass is 536 g/mol. The van der Waals surface area contributed by atoms with Gasteiger partial charge in [-0.05, 0) is 44.9 Å². The number of hydrogen-bond acceptors (Lipinski definition) is 8. The summed E-state index contributed by atoms with van der Waals surface area (Å²) in [5, 5.41) is 21.3. The van der Waals surface area contributed by atoms with Gasteiger partial charge in [-0.25, -0.2) is 0 Å². The molecule has 0 atom stereocenters. The summed E-state index contributed by atoms with van der Waals surface area (Å²) >= 11 is 0. The van der Waals surface area contributed by atoms with E-state index in [1.807, 2.05) is 13.8 Å². The Morgan fingerprint density at radius 3 is 2.42 bits per heavy atom. The van der Waals surface area contributed by atoms with Gasteiger partial charge in [0.15, 0.2) is 17.3 Å². The van der Waals surface area contributed by atoms with Crippen LogP contribution in [0.15, 0.2) is 30.3 Å². The Hall–Kier alpha value is -4.29. The molecule has 1 aromatic carbocycles. The minimum absolute atomic E-state index is 0.0461. The molecule has 0 spiro atoms. The Balaban J connectivity index is 1.72. The lowest BCUT2D eigenvalue weighted by Gasteiger charge is -2.23. The average Bonchev–Trinajstić information content (AvgIpc) is 3.64. The maximum atomic E-state index is 12.9. The fraction of sp³-hybridized carbons (Fsp3) is 0.360. The van der Waals surface area contributed by atoms with Gasteiger partial charge in [-0.1, -0.05) is 11.3 Å². The van der Waals surface area contributed by atoms with Crippen LogP contribution >= 0.6 is 0 Å². The third kappa shape index (κ3) is 6.82. The number of ether oxygens (including phenoxy) is 1. The van der Waals surface area contributed by atoms with E-state index in [0.29, 0.717) is 28.4 Å². The van der Waals surface area contributed by atoms with Crippen molar-refractivity contribution in [3.63, 3.8) is 0 Å². The number of rotatable bonds is 10. The van der Waals surface area contributed by atoms with Crippen LogP contribution in [0.5, 0.6) is 5.75 Å². The van der Waals surface area contributed by atoms with Gasteiger partial charge in [0.2, 0.25) is 5.91 Å². The lowest BCUT2D eigenvalue weighted by molar-refractivity contribution is -0.117. The van der Waals surface area contributed by atoms with Gasteiger partial charge < -0.3 is 26.0 Å². The van der Waals surface area contributed by atoms with Crippen LogP contribution in [-0.2, 0) is 11.8 Å². The molecule has 3 amide bonds. The SMILES string of the molecule is [B]C([B])([B])NC(=O)c1nnc(NC(=O)C2CC2)cc1Nc1cccc(-c2cc(C(=O)NC(C)C)n(C)n2)c1OC. The molecule has 0 saturated heterocycles. The number of carbonyl (C=O) groups is 3. The molecule has 40 heavy (non-hydrogen) atoms. The Morgan fingerprint density at radius 2 is 1.80 bits per heavy atom. The third-order valence-electron chi connectivity index (χ3n) is 5.84. The lowest BCUT2D eigenvalue weighted by Crippen LogP contribution is -2.50. The number of methoxy groups -OCH3 is 1. The van der Waals surface area contributed by atoms with Gasteiger partial charge in [0, 0.05) is 30.6 Å². The van der Waals surface area contributed by atoms with E-state index in [1.54, 1.807) is 31.3 Å². The zero-order valence-corrected chi connectivity index (χ0v) is 22.6. The van der Waals surface area contributed by atoms with Crippen molar-refractivity contribution >= 4 is 58.5 Å². The van der Waals surface area contributed by atoms with Gasteiger partial charge in [0.05, 0.1) is 47.7 Å². The second-order valence-corrected chi connectivity index (χ2v) is 9.82. The van der Waals surface area contributed by atoms with E-state index in [4.69, 9.17) is 28.3 Å². The molecule has 2 heterocycles. The Kier molecular flexibility index (Phi) is 8.22. The third-order valence-corrected chi connectivity index (χ3v) is 5.84. The molecule has 200 valence electrons. The topological polar surface area (TPSA) is 152 Å². The predicted molar refractivity (Wildman–Crippen MR) is 152 cm³/mol. The maximum absolute atomic E-state index is 12.9. The molecular weight excluding hydrogens is 509 g/mol. The van der Waals surface area contributed by atoms with E-state index in [1.165, 1.54) is 17.9 Å².